The number of carbonyl (C=O) groups is 2. The molecule has 5 heteroatoms. The topological polar surface area (TPSA) is 49.9 Å². The molecule has 1 atom stereocenters. The molecule has 1 fully saturated rings. The number of nitrogens with zero attached hydrogens (tertiary/aromatic N) is 2. The maximum atomic E-state index is 12.5. The Hall–Kier alpha value is -1.10. The van der Waals surface area contributed by atoms with Crippen molar-refractivity contribution in [2.24, 2.45) is 0 Å². The molecule has 0 aromatic heterocycles. The van der Waals surface area contributed by atoms with Crippen molar-refractivity contribution in [3.8, 4) is 0 Å². The SMILES string of the molecule is CCC1CCCCN1C(=O)CN(CC(=O)OC)C(C)C. The molecule has 0 aromatic rings. The Bertz CT molecular complexity index is 331. The van der Waals surface area contributed by atoms with Gasteiger partial charge in [0.1, 0.15) is 0 Å². The van der Waals surface area contributed by atoms with Crippen LogP contribution in [0.15, 0.2) is 0 Å². The normalized spacial score (nSPS) is 19.5. The summed E-state index contributed by atoms with van der Waals surface area (Å²) in [6.07, 6.45) is 4.39. The van der Waals surface area contributed by atoms with Crippen molar-refractivity contribution in [3.63, 3.8) is 0 Å². The number of rotatable bonds is 6. The van der Waals surface area contributed by atoms with E-state index in [2.05, 4.69) is 6.92 Å². The van der Waals surface area contributed by atoms with Crippen molar-refractivity contribution in [2.45, 2.75) is 58.5 Å². The highest BCUT2D eigenvalue weighted by Gasteiger charge is 2.27. The van der Waals surface area contributed by atoms with Gasteiger partial charge in [0.15, 0.2) is 0 Å². The quantitative estimate of drug-likeness (QED) is 0.696. The van der Waals surface area contributed by atoms with E-state index in [-0.39, 0.29) is 24.5 Å². The number of methoxy groups -OCH3 is 1. The number of hydrogen-bond donors (Lipinski definition) is 0. The minimum absolute atomic E-state index is 0.133. The first-order chi connectivity index (χ1) is 9.49. The van der Waals surface area contributed by atoms with E-state index in [9.17, 15) is 9.59 Å². The standard InChI is InChI=1S/C15H28N2O3/c1-5-13-8-6-7-9-17(13)14(18)10-16(12(2)3)11-15(19)20-4/h12-13H,5-11H2,1-4H3. The van der Waals surface area contributed by atoms with E-state index in [1.807, 2.05) is 23.6 Å². The van der Waals surface area contributed by atoms with Crippen molar-refractivity contribution in [3.05, 3.63) is 0 Å². The molecule has 5 nitrogen and oxygen atoms in total. The molecule has 0 spiro atoms. The molecule has 1 aliphatic rings. The van der Waals surface area contributed by atoms with Gasteiger partial charge in [0.05, 0.1) is 20.2 Å². The van der Waals surface area contributed by atoms with Crippen LogP contribution in [0, 0.1) is 0 Å². The van der Waals surface area contributed by atoms with Gasteiger partial charge in [0, 0.05) is 18.6 Å². The predicted octanol–water partition coefficient (Wildman–Crippen LogP) is 1.66. The molecule has 0 aliphatic carbocycles. The summed E-state index contributed by atoms with van der Waals surface area (Å²) in [5, 5.41) is 0. The third kappa shape index (κ3) is 4.78. The zero-order valence-corrected chi connectivity index (χ0v) is 13.2. The molecular weight excluding hydrogens is 256 g/mol. The van der Waals surface area contributed by atoms with Crippen molar-refractivity contribution < 1.29 is 14.3 Å². The van der Waals surface area contributed by atoms with Crippen molar-refractivity contribution in [1.29, 1.82) is 0 Å². The molecule has 0 radical (unpaired) electrons. The van der Waals surface area contributed by atoms with Gasteiger partial charge in [-0.1, -0.05) is 6.92 Å². The van der Waals surface area contributed by atoms with E-state index in [0.717, 1.165) is 25.8 Å². The lowest BCUT2D eigenvalue weighted by molar-refractivity contribution is -0.144. The molecule has 0 N–H and O–H groups in total. The van der Waals surface area contributed by atoms with Crippen LogP contribution in [0.2, 0.25) is 0 Å². The summed E-state index contributed by atoms with van der Waals surface area (Å²) in [6.45, 7) is 7.42. The number of likely N-dealkylation sites (tertiary alicyclic amines) is 1. The molecule has 1 saturated heterocycles. The van der Waals surface area contributed by atoms with Crippen LogP contribution in [0.4, 0.5) is 0 Å². The second-order valence-corrected chi connectivity index (χ2v) is 5.72. The molecule has 20 heavy (non-hydrogen) atoms. The minimum Gasteiger partial charge on any atom is -0.468 e. The second-order valence-electron chi connectivity index (χ2n) is 5.72. The zero-order valence-electron chi connectivity index (χ0n) is 13.2. The van der Waals surface area contributed by atoms with E-state index in [4.69, 9.17) is 4.74 Å². The number of carbonyl (C=O) groups excluding carboxylic acids is 2. The smallest absolute Gasteiger partial charge is 0.319 e. The van der Waals surface area contributed by atoms with Crippen LogP contribution < -0.4 is 0 Å². The molecule has 1 heterocycles. The maximum Gasteiger partial charge on any atom is 0.319 e. The Kier molecular flexibility index (Phi) is 6.99. The predicted molar refractivity (Wildman–Crippen MR) is 78.4 cm³/mol. The molecule has 1 aliphatic heterocycles. The summed E-state index contributed by atoms with van der Waals surface area (Å²) in [5.41, 5.74) is 0. The van der Waals surface area contributed by atoms with Gasteiger partial charge < -0.3 is 9.64 Å². The maximum absolute atomic E-state index is 12.5. The van der Waals surface area contributed by atoms with Gasteiger partial charge in [-0.2, -0.15) is 0 Å². The molecule has 0 bridgehead atoms. The van der Waals surface area contributed by atoms with E-state index >= 15 is 0 Å². The second kappa shape index (κ2) is 8.25. The molecule has 1 rings (SSSR count). The van der Waals surface area contributed by atoms with Crippen LogP contribution in [0.1, 0.15) is 46.5 Å². The molecule has 116 valence electrons. The Balaban J connectivity index is 2.62. The summed E-state index contributed by atoms with van der Waals surface area (Å²) in [7, 11) is 1.38. The Morgan fingerprint density at radius 2 is 2.00 bits per heavy atom. The van der Waals surface area contributed by atoms with E-state index in [0.29, 0.717) is 12.6 Å². The fourth-order valence-electron chi connectivity index (χ4n) is 2.67. The summed E-state index contributed by atoms with van der Waals surface area (Å²) < 4.78 is 4.69. The van der Waals surface area contributed by atoms with Gasteiger partial charge >= 0.3 is 5.97 Å². The van der Waals surface area contributed by atoms with E-state index in [1.165, 1.54) is 13.5 Å². The number of esters is 1. The lowest BCUT2D eigenvalue weighted by atomic mass is 10.00. The summed E-state index contributed by atoms with van der Waals surface area (Å²) in [6, 6.07) is 0.506. The Morgan fingerprint density at radius 3 is 2.55 bits per heavy atom. The Morgan fingerprint density at radius 1 is 1.30 bits per heavy atom. The lowest BCUT2D eigenvalue weighted by Gasteiger charge is -2.37. The van der Waals surface area contributed by atoms with Crippen LogP contribution in [-0.2, 0) is 14.3 Å². The third-order valence-electron chi connectivity index (χ3n) is 4.05. The summed E-state index contributed by atoms with van der Waals surface area (Å²) in [5.74, 6) is -0.161. The highest BCUT2D eigenvalue weighted by atomic mass is 16.5. The van der Waals surface area contributed by atoms with Gasteiger partial charge in [0.2, 0.25) is 5.91 Å². The van der Waals surface area contributed by atoms with Crippen LogP contribution in [0.25, 0.3) is 0 Å². The van der Waals surface area contributed by atoms with Crippen LogP contribution in [0.3, 0.4) is 0 Å². The fraction of sp³-hybridized carbons (Fsp3) is 0.867. The number of amides is 1. The monoisotopic (exact) mass is 284 g/mol. The first-order valence-corrected chi connectivity index (χ1v) is 7.59. The summed E-state index contributed by atoms with van der Waals surface area (Å²) >= 11 is 0. The Labute approximate surface area is 122 Å². The molecule has 1 unspecified atom stereocenters. The molecular formula is C15H28N2O3. The highest BCUT2D eigenvalue weighted by Crippen LogP contribution is 2.19. The number of ether oxygens (including phenoxy) is 1. The first kappa shape index (κ1) is 17.0. The van der Waals surface area contributed by atoms with Gasteiger partial charge in [0.25, 0.3) is 0 Å². The highest BCUT2D eigenvalue weighted by molar-refractivity contribution is 5.80. The van der Waals surface area contributed by atoms with E-state index in [1.54, 1.807) is 0 Å². The van der Waals surface area contributed by atoms with Crippen LogP contribution in [0.5, 0.6) is 0 Å². The molecule has 1 amide bonds. The van der Waals surface area contributed by atoms with Gasteiger partial charge in [-0.3, -0.25) is 14.5 Å². The van der Waals surface area contributed by atoms with Crippen molar-refractivity contribution in [2.75, 3.05) is 26.7 Å². The van der Waals surface area contributed by atoms with Gasteiger partial charge in [-0.25, -0.2) is 0 Å². The zero-order chi connectivity index (χ0) is 15.1. The number of hydrogen-bond acceptors (Lipinski definition) is 4. The minimum atomic E-state index is -0.294. The molecule has 0 saturated carbocycles. The molecule has 0 aromatic carbocycles. The van der Waals surface area contributed by atoms with Crippen molar-refractivity contribution in [1.82, 2.24) is 9.80 Å². The lowest BCUT2D eigenvalue weighted by Crippen LogP contribution is -2.50. The first-order valence-electron chi connectivity index (χ1n) is 7.59. The average molecular weight is 284 g/mol. The van der Waals surface area contributed by atoms with Gasteiger partial charge in [-0.15, -0.1) is 0 Å². The van der Waals surface area contributed by atoms with E-state index < -0.39 is 0 Å². The van der Waals surface area contributed by atoms with Gasteiger partial charge in [-0.05, 0) is 39.5 Å². The van der Waals surface area contributed by atoms with Crippen LogP contribution >= 0.6 is 0 Å². The summed E-state index contributed by atoms with van der Waals surface area (Å²) in [4.78, 5) is 27.8. The number of piperidine rings is 1. The van der Waals surface area contributed by atoms with Crippen LogP contribution in [-0.4, -0.2) is 60.5 Å². The fourth-order valence-corrected chi connectivity index (χ4v) is 2.67. The third-order valence-corrected chi connectivity index (χ3v) is 4.05. The average Bonchev–Trinajstić information content (AvgIpc) is 2.45. The van der Waals surface area contributed by atoms with Crippen molar-refractivity contribution >= 4 is 11.9 Å². The largest absolute Gasteiger partial charge is 0.468 e.